The lowest BCUT2D eigenvalue weighted by Gasteiger charge is -2.21. The Morgan fingerprint density at radius 1 is 1.42 bits per heavy atom. The number of rotatable bonds is 8. The molecule has 110 valence electrons. The molecule has 6 heteroatoms. The number of carbonyl (C=O) groups is 2. The van der Waals surface area contributed by atoms with E-state index >= 15 is 0 Å². The van der Waals surface area contributed by atoms with Gasteiger partial charge in [-0.3, -0.25) is 0 Å². The summed E-state index contributed by atoms with van der Waals surface area (Å²) in [5.41, 5.74) is -0.633. The highest BCUT2D eigenvalue weighted by Crippen LogP contribution is 2.09. The van der Waals surface area contributed by atoms with Crippen LogP contribution in [-0.4, -0.2) is 40.3 Å². The predicted molar refractivity (Wildman–Crippen MR) is 77.5 cm³/mol. The Morgan fingerprint density at radius 2 is 2.05 bits per heavy atom. The minimum Gasteiger partial charge on any atom is -0.480 e. The lowest BCUT2D eigenvalue weighted by Crippen LogP contribution is -2.43. The van der Waals surface area contributed by atoms with Crippen LogP contribution in [0.4, 0.5) is 4.79 Å². The van der Waals surface area contributed by atoms with Gasteiger partial charge in [-0.05, 0) is 45.1 Å². The van der Waals surface area contributed by atoms with Crippen LogP contribution in [0, 0.1) is 0 Å². The molecule has 1 unspecified atom stereocenters. The van der Waals surface area contributed by atoms with Crippen molar-refractivity contribution in [2.75, 3.05) is 11.5 Å². The molecule has 0 aromatic rings. The number of alkyl carbamates (subject to hydrolysis) is 1. The van der Waals surface area contributed by atoms with E-state index in [9.17, 15) is 9.59 Å². The van der Waals surface area contributed by atoms with Crippen LogP contribution in [0.3, 0.4) is 0 Å². The molecule has 1 amide bonds. The highest BCUT2D eigenvalue weighted by Gasteiger charge is 2.23. The fraction of sp³-hybridized carbons (Fsp3) is 0.692. The van der Waals surface area contributed by atoms with Crippen LogP contribution in [0.2, 0.25) is 0 Å². The van der Waals surface area contributed by atoms with Crippen molar-refractivity contribution in [3.8, 4) is 0 Å². The van der Waals surface area contributed by atoms with Gasteiger partial charge in [0.1, 0.15) is 11.6 Å². The first-order chi connectivity index (χ1) is 8.76. The molecule has 0 bridgehead atoms. The second-order valence-electron chi connectivity index (χ2n) is 5.02. The molecule has 0 aromatic heterocycles. The number of aliphatic carboxylic acids is 1. The van der Waals surface area contributed by atoms with Crippen LogP contribution in [0.15, 0.2) is 12.7 Å². The maximum absolute atomic E-state index is 11.5. The van der Waals surface area contributed by atoms with E-state index in [0.29, 0.717) is 12.2 Å². The van der Waals surface area contributed by atoms with Crippen molar-refractivity contribution in [3.63, 3.8) is 0 Å². The number of ether oxygens (including phenoxy) is 1. The van der Waals surface area contributed by atoms with Gasteiger partial charge >= 0.3 is 12.1 Å². The summed E-state index contributed by atoms with van der Waals surface area (Å²) in [6.45, 7) is 8.80. The van der Waals surface area contributed by atoms with E-state index in [-0.39, 0.29) is 0 Å². The monoisotopic (exact) mass is 289 g/mol. The van der Waals surface area contributed by atoms with E-state index in [4.69, 9.17) is 9.84 Å². The van der Waals surface area contributed by atoms with Gasteiger partial charge in [-0.15, -0.1) is 6.58 Å². The average Bonchev–Trinajstić information content (AvgIpc) is 2.24. The highest BCUT2D eigenvalue weighted by atomic mass is 32.2. The van der Waals surface area contributed by atoms with Crippen molar-refractivity contribution >= 4 is 23.8 Å². The third kappa shape index (κ3) is 10.4. The zero-order chi connectivity index (χ0) is 14.9. The Kier molecular flexibility index (Phi) is 8.30. The van der Waals surface area contributed by atoms with Crippen molar-refractivity contribution in [1.29, 1.82) is 0 Å². The zero-order valence-electron chi connectivity index (χ0n) is 11.8. The summed E-state index contributed by atoms with van der Waals surface area (Å²) < 4.78 is 5.03. The van der Waals surface area contributed by atoms with Crippen molar-refractivity contribution in [2.45, 2.75) is 45.3 Å². The topological polar surface area (TPSA) is 75.6 Å². The lowest BCUT2D eigenvalue weighted by molar-refractivity contribution is -0.139. The number of carbonyl (C=O) groups excluding carboxylic acids is 1. The molecule has 19 heavy (non-hydrogen) atoms. The van der Waals surface area contributed by atoms with E-state index in [1.165, 1.54) is 0 Å². The number of carboxylic acids is 1. The molecule has 0 aliphatic heterocycles. The molecule has 0 saturated carbocycles. The summed E-state index contributed by atoms with van der Waals surface area (Å²) in [7, 11) is 0. The summed E-state index contributed by atoms with van der Waals surface area (Å²) in [5.74, 6) is 0.526. The number of nitrogens with one attached hydrogen (secondary N) is 1. The van der Waals surface area contributed by atoms with E-state index < -0.39 is 23.7 Å². The van der Waals surface area contributed by atoms with Crippen LogP contribution in [0.25, 0.3) is 0 Å². The lowest BCUT2D eigenvalue weighted by atomic mass is 10.2. The molecule has 2 N–H and O–H groups in total. The van der Waals surface area contributed by atoms with Crippen LogP contribution < -0.4 is 5.32 Å². The number of allylic oxidation sites excluding steroid dienone is 1. The number of carboxylic acid groups (broad SMARTS) is 1. The van der Waals surface area contributed by atoms with Gasteiger partial charge in [-0.1, -0.05) is 6.08 Å². The summed E-state index contributed by atoms with van der Waals surface area (Å²) in [4.78, 5) is 22.5. The highest BCUT2D eigenvalue weighted by molar-refractivity contribution is 7.99. The molecule has 0 saturated heterocycles. The van der Waals surface area contributed by atoms with Crippen molar-refractivity contribution < 1.29 is 19.4 Å². The molecule has 5 nitrogen and oxygen atoms in total. The maximum atomic E-state index is 11.5. The Morgan fingerprint density at radius 3 is 2.53 bits per heavy atom. The minimum atomic E-state index is -1.05. The molecule has 0 aliphatic carbocycles. The van der Waals surface area contributed by atoms with E-state index in [2.05, 4.69) is 11.9 Å². The molecular weight excluding hydrogens is 266 g/mol. The minimum absolute atomic E-state index is 0.371. The van der Waals surface area contributed by atoms with Crippen LogP contribution in [0.5, 0.6) is 0 Å². The molecule has 0 aromatic carbocycles. The number of thioether (sulfide) groups is 1. The first-order valence-electron chi connectivity index (χ1n) is 6.17. The second kappa shape index (κ2) is 8.85. The Hall–Kier alpha value is -1.17. The van der Waals surface area contributed by atoms with Gasteiger partial charge in [0.05, 0.1) is 0 Å². The summed E-state index contributed by atoms with van der Waals surface area (Å²) in [5, 5.41) is 11.4. The third-order valence-corrected chi connectivity index (χ3v) is 3.05. The van der Waals surface area contributed by atoms with Crippen molar-refractivity contribution in [3.05, 3.63) is 12.7 Å². The Labute approximate surface area is 118 Å². The quantitative estimate of drug-likeness (QED) is 0.531. The van der Waals surface area contributed by atoms with E-state index in [1.54, 1.807) is 32.5 Å². The fourth-order valence-corrected chi connectivity index (χ4v) is 2.12. The molecular formula is C13H23NO4S. The van der Waals surface area contributed by atoms with Gasteiger partial charge in [0.25, 0.3) is 0 Å². The van der Waals surface area contributed by atoms with Crippen LogP contribution in [0.1, 0.15) is 33.6 Å². The van der Waals surface area contributed by atoms with E-state index in [1.807, 2.05) is 6.08 Å². The van der Waals surface area contributed by atoms with Gasteiger partial charge in [0.2, 0.25) is 0 Å². The molecule has 0 heterocycles. The van der Waals surface area contributed by atoms with Crippen molar-refractivity contribution in [1.82, 2.24) is 5.32 Å². The van der Waals surface area contributed by atoms with Gasteiger partial charge in [0.15, 0.2) is 0 Å². The molecule has 0 aliphatic rings. The first kappa shape index (κ1) is 17.8. The van der Waals surface area contributed by atoms with Crippen LogP contribution in [-0.2, 0) is 9.53 Å². The Balaban J connectivity index is 4.08. The summed E-state index contributed by atoms with van der Waals surface area (Å²) in [6.07, 6.45) is 2.38. The standard InChI is InChI=1S/C13H23NO4S/c1-5-6-8-19-9-7-10(11(15)16)14-12(17)18-13(2,3)4/h5,10H,1,6-9H2,2-4H3,(H,14,17)(H,15,16). The first-order valence-corrected chi connectivity index (χ1v) is 7.32. The molecule has 1 atom stereocenters. The maximum Gasteiger partial charge on any atom is 0.408 e. The van der Waals surface area contributed by atoms with E-state index in [0.717, 1.165) is 12.2 Å². The average molecular weight is 289 g/mol. The van der Waals surface area contributed by atoms with Gasteiger partial charge in [-0.2, -0.15) is 11.8 Å². The smallest absolute Gasteiger partial charge is 0.408 e. The second-order valence-corrected chi connectivity index (χ2v) is 6.24. The zero-order valence-corrected chi connectivity index (χ0v) is 12.6. The molecule has 0 radical (unpaired) electrons. The SMILES string of the molecule is C=CCCSCCC(NC(=O)OC(C)(C)C)C(=O)O. The van der Waals surface area contributed by atoms with Gasteiger partial charge in [0, 0.05) is 0 Å². The molecule has 0 rings (SSSR count). The predicted octanol–water partition coefficient (Wildman–Crippen LogP) is 2.66. The molecule has 0 fully saturated rings. The fourth-order valence-electron chi connectivity index (χ4n) is 1.18. The third-order valence-electron chi connectivity index (χ3n) is 2.01. The number of hydrogen-bond acceptors (Lipinski definition) is 4. The number of hydrogen-bond donors (Lipinski definition) is 2. The summed E-state index contributed by atoms with van der Waals surface area (Å²) in [6, 6.07) is -0.911. The molecule has 0 spiro atoms. The Bertz CT molecular complexity index is 312. The largest absolute Gasteiger partial charge is 0.480 e. The van der Waals surface area contributed by atoms with Crippen molar-refractivity contribution in [2.24, 2.45) is 0 Å². The van der Waals surface area contributed by atoms with Crippen LogP contribution >= 0.6 is 11.8 Å². The number of amides is 1. The van der Waals surface area contributed by atoms with Gasteiger partial charge in [-0.25, -0.2) is 9.59 Å². The van der Waals surface area contributed by atoms with Gasteiger partial charge < -0.3 is 15.2 Å². The summed E-state index contributed by atoms with van der Waals surface area (Å²) >= 11 is 1.64. The normalized spacial score (nSPS) is 12.6.